The van der Waals surface area contributed by atoms with Crippen molar-refractivity contribution >= 4 is 15.9 Å². The van der Waals surface area contributed by atoms with Crippen LogP contribution in [-0.4, -0.2) is 4.83 Å². The first kappa shape index (κ1) is 11.6. The van der Waals surface area contributed by atoms with Crippen LogP contribution in [0.3, 0.4) is 0 Å². The van der Waals surface area contributed by atoms with E-state index < -0.39 is 0 Å². The Labute approximate surface area is 109 Å². The molecule has 0 spiro atoms. The highest BCUT2D eigenvalue weighted by Gasteiger charge is 2.40. The SMILES string of the molecule is BrC1CCCCCC1CC1CC2CCC1C2. The van der Waals surface area contributed by atoms with Crippen LogP contribution in [0.2, 0.25) is 0 Å². The van der Waals surface area contributed by atoms with E-state index in [0.29, 0.717) is 0 Å². The fourth-order valence-corrected chi connectivity index (χ4v) is 5.46. The van der Waals surface area contributed by atoms with Crippen LogP contribution in [0, 0.1) is 23.7 Å². The molecule has 0 aromatic carbocycles. The van der Waals surface area contributed by atoms with Gasteiger partial charge in [-0.3, -0.25) is 0 Å². The summed E-state index contributed by atoms with van der Waals surface area (Å²) >= 11 is 3.97. The van der Waals surface area contributed by atoms with Crippen LogP contribution < -0.4 is 0 Å². The minimum Gasteiger partial charge on any atom is -0.0888 e. The second-order valence-electron chi connectivity index (χ2n) is 6.58. The van der Waals surface area contributed by atoms with Gasteiger partial charge in [-0.15, -0.1) is 0 Å². The third-order valence-corrected chi connectivity index (χ3v) is 6.76. The monoisotopic (exact) mass is 284 g/mol. The van der Waals surface area contributed by atoms with E-state index in [1.165, 1.54) is 32.1 Å². The lowest BCUT2D eigenvalue weighted by Crippen LogP contribution is -2.20. The minimum atomic E-state index is 0.842. The fraction of sp³-hybridized carbons (Fsp3) is 1.00. The Bertz CT molecular complexity index is 238. The van der Waals surface area contributed by atoms with Gasteiger partial charge < -0.3 is 0 Å². The normalized spacial score (nSPS) is 48.2. The molecule has 3 rings (SSSR count). The van der Waals surface area contributed by atoms with E-state index in [9.17, 15) is 0 Å². The Morgan fingerprint density at radius 2 is 1.69 bits per heavy atom. The van der Waals surface area contributed by atoms with Crippen LogP contribution >= 0.6 is 15.9 Å². The number of rotatable bonds is 2. The van der Waals surface area contributed by atoms with E-state index in [2.05, 4.69) is 15.9 Å². The van der Waals surface area contributed by atoms with Gasteiger partial charge in [0, 0.05) is 4.83 Å². The van der Waals surface area contributed by atoms with Crippen molar-refractivity contribution in [3.63, 3.8) is 0 Å². The Morgan fingerprint density at radius 3 is 2.44 bits per heavy atom. The molecule has 0 heterocycles. The van der Waals surface area contributed by atoms with Gasteiger partial charge in [-0.2, -0.15) is 0 Å². The lowest BCUT2D eigenvalue weighted by atomic mass is 9.80. The fourth-order valence-electron chi connectivity index (χ4n) is 4.66. The third kappa shape index (κ3) is 2.35. The van der Waals surface area contributed by atoms with Gasteiger partial charge in [0.05, 0.1) is 0 Å². The Kier molecular flexibility index (Phi) is 3.61. The summed E-state index contributed by atoms with van der Waals surface area (Å²) in [6.07, 6.45) is 15.2. The molecule has 0 N–H and O–H groups in total. The molecule has 0 nitrogen and oxygen atoms in total. The van der Waals surface area contributed by atoms with Crippen molar-refractivity contribution in [2.24, 2.45) is 23.7 Å². The zero-order valence-corrected chi connectivity index (χ0v) is 11.9. The summed E-state index contributed by atoms with van der Waals surface area (Å²) in [4.78, 5) is 0.842. The minimum absolute atomic E-state index is 0.842. The van der Waals surface area contributed by atoms with Gasteiger partial charge in [0.15, 0.2) is 0 Å². The number of hydrogen-bond donors (Lipinski definition) is 0. The topological polar surface area (TPSA) is 0 Å². The predicted molar refractivity (Wildman–Crippen MR) is 72.8 cm³/mol. The summed E-state index contributed by atoms with van der Waals surface area (Å²) in [6, 6.07) is 0. The summed E-state index contributed by atoms with van der Waals surface area (Å²) in [6.45, 7) is 0. The summed E-state index contributed by atoms with van der Waals surface area (Å²) in [5.41, 5.74) is 0. The zero-order chi connectivity index (χ0) is 11.0. The molecule has 1 heteroatoms. The molecule has 0 aromatic heterocycles. The Balaban J connectivity index is 1.56. The molecule has 92 valence electrons. The standard InChI is InChI=1S/C15H25Br/c16-15-5-3-1-2-4-13(15)10-14-9-11-6-7-12(14)8-11/h11-15H,1-10H2. The van der Waals surface area contributed by atoms with Crippen molar-refractivity contribution < 1.29 is 0 Å². The third-order valence-electron chi connectivity index (χ3n) is 5.56. The smallest absolute Gasteiger partial charge is 0.0174 e. The molecular weight excluding hydrogens is 260 g/mol. The zero-order valence-electron chi connectivity index (χ0n) is 10.3. The lowest BCUT2D eigenvalue weighted by Gasteiger charge is -2.28. The Hall–Kier alpha value is 0.480. The highest BCUT2D eigenvalue weighted by atomic mass is 79.9. The van der Waals surface area contributed by atoms with Crippen molar-refractivity contribution in [2.45, 2.75) is 69.0 Å². The van der Waals surface area contributed by atoms with E-state index in [1.807, 2.05) is 0 Å². The van der Waals surface area contributed by atoms with Crippen molar-refractivity contribution in [3.05, 3.63) is 0 Å². The second kappa shape index (κ2) is 5.00. The van der Waals surface area contributed by atoms with Crippen LogP contribution in [-0.2, 0) is 0 Å². The summed E-state index contributed by atoms with van der Waals surface area (Å²) in [5.74, 6) is 4.39. The van der Waals surface area contributed by atoms with Gasteiger partial charge in [-0.05, 0) is 62.2 Å². The van der Waals surface area contributed by atoms with Gasteiger partial charge >= 0.3 is 0 Å². The van der Waals surface area contributed by atoms with E-state index in [0.717, 1.165) is 28.5 Å². The van der Waals surface area contributed by atoms with Gasteiger partial charge in [-0.1, -0.05) is 41.6 Å². The molecule has 3 saturated carbocycles. The molecular formula is C15H25Br. The molecule has 16 heavy (non-hydrogen) atoms. The average molecular weight is 285 g/mol. The Morgan fingerprint density at radius 1 is 0.812 bits per heavy atom. The lowest BCUT2D eigenvalue weighted by molar-refractivity contribution is 0.258. The largest absolute Gasteiger partial charge is 0.0888 e. The molecule has 5 atom stereocenters. The van der Waals surface area contributed by atoms with Crippen LogP contribution in [0.5, 0.6) is 0 Å². The molecule has 3 aliphatic rings. The first-order valence-corrected chi connectivity index (χ1v) is 8.38. The highest BCUT2D eigenvalue weighted by Crippen LogP contribution is 2.51. The maximum Gasteiger partial charge on any atom is 0.0174 e. The number of hydrogen-bond acceptors (Lipinski definition) is 0. The second-order valence-corrected chi connectivity index (χ2v) is 7.76. The maximum absolute atomic E-state index is 3.97. The first-order chi connectivity index (χ1) is 7.83. The highest BCUT2D eigenvalue weighted by molar-refractivity contribution is 9.09. The predicted octanol–water partition coefficient (Wildman–Crippen LogP) is 5.16. The van der Waals surface area contributed by atoms with Crippen molar-refractivity contribution in [3.8, 4) is 0 Å². The number of fused-ring (bicyclic) bond motifs is 2. The summed E-state index contributed by atoms with van der Waals surface area (Å²) in [7, 11) is 0. The van der Waals surface area contributed by atoms with Crippen LogP contribution in [0.1, 0.15) is 64.2 Å². The van der Waals surface area contributed by atoms with Crippen LogP contribution in [0.15, 0.2) is 0 Å². The van der Waals surface area contributed by atoms with Gasteiger partial charge in [0.25, 0.3) is 0 Å². The van der Waals surface area contributed by atoms with Gasteiger partial charge in [0.1, 0.15) is 0 Å². The van der Waals surface area contributed by atoms with Gasteiger partial charge in [0.2, 0.25) is 0 Å². The molecule has 0 aromatic rings. The molecule has 0 amide bonds. The van der Waals surface area contributed by atoms with Crippen molar-refractivity contribution in [1.82, 2.24) is 0 Å². The number of alkyl halides is 1. The van der Waals surface area contributed by atoms with Gasteiger partial charge in [-0.25, -0.2) is 0 Å². The van der Waals surface area contributed by atoms with Crippen LogP contribution in [0.4, 0.5) is 0 Å². The molecule has 5 unspecified atom stereocenters. The molecule has 3 fully saturated rings. The molecule has 3 aliphatic carbocycles. The average Bonchev–Trinajstić information content (AvgIpc) is 2.83. The van der Waals surface area contributed by atoms with E-state index in [-0.39, 0.29) is 0 Å². The summed E-state index contributed by atoms with van der Waals surface area (Å²) < 4.78 is 0. The number of halogens is 1. The molecule has 0 radical (unpaired) electrons. The van der Waals surface area contributed by atoms with E-state index in [4.69, 9.17) is 0 Å². The quantitative estimate of drug-likeness (QED) is 0.486. The van der Waals surface area contributed by atoms with Crippen molar-refractivity contribution in [2.75, 3.05) is 0 Å². The summed E-state index contributed by atoms with van der Waals surface area (Å²) in [5, 5.41) is 0. The van der Waals surface area contributed by atoms with E-state index in [1.54, 1.807) is 32.1 Å². The first-order valence-electron chi connectivity index (χ1n) is 7.47. The van der Waals surface area contributed by atoms with E-state index >= 15 is 0 Å². The molecule has 0 aliphatic heterocycles. The van der Waals surface area contributed by atoms with Crippen molar-refractivity contribution in [1.29, 1.82) is 0 Å². The van der Waals surface area contributed by atoms with Crippen LogP contribution in [0.25, 0.3) is 0 Å². The molecule has 2 bridgehead atoms. The molecule has 0 saturated heterocycles. The maximum atomic E-state index is 3.97.